The molecule has 0 aliphatic carbocycles. The molecule has 9 rings (SSSR count). The molecule has 4 N–H and O–H groups in total. The van der Waals surface area contributed by atoms with Gasteiger partial charge in [-0.1, -0.05) is 84.9 Å². The first kappa shape index (κ1) is 40.2. The van der Waals surface area contributed by atoms with Gasteiger partial charge in [0.25, 0.3) is 0 Å². The number of likely N-dealkylation sites (tertiary alicyclic amines) is 2. The van der Waals surface area contributed by atoms with Crippen molar-refractivity contribution in [2.75, 3.05) is 19.7 Å². The molecule has 0 saturated carbocycles. The van der Waals surface area contributed by atoms with Gasteiger partial charge in [0, 0.05) is 60.2 Å². The van der Waals surface area contributed by atoms with Crippen LogP contribution in [0.4, 0.5) is 0 Å². The second-order valence-corrected chi connectivity index (χ2v) is 17.4. The fourth-order valence-electron chi connectivity index (χ4n) is 8.84. The van der Waals surface area contributed by atoms with Crippen molar-refractivity contribution in [2.45, 2.75) is 63.2 Å². The monoisotopic (exact) mass is 851 g/mol. The van der Waals surface area contributed by atoms with Crippen LogP contribution in [0.2, 0.25) is 0 Å². The van der Waals surface area contributed by atoms with Crippen LogP contribution in [0.15, 0.2) is 113 Å². The third-order valence-corrected chi connectivity index (χ3v) is 14.0. The van der Waals surface area contributed by atoms with Crippen molar-refractivity contribution < 1.29 is 24.3 Å². The number of hydrogen-bond donors (Lipinski definition) is 4. The van der Waals surface area contributed by atoms with E-state index in [2.05, 4.69) is 50.6 Å². The fourth-order valence-corrected chi connectivity index (χ4v) is 11.3. The van der Waals surface area contributed by atoms with Crippen LogP contribution in [0.3, 0.4) is 0 Å². The number of nitrogens with zero attached hydrogens (tertiary/aromatic N) is 4. The lowest BCUT2D eigenvalue weighted by Gasteiger charge is -2.29. The van der Waals surface area contributed by atoms with Crippen LogP contribution >= 0.6 is 22.7 Å². The summed E-state index contributed by atoms with van der Waals surface area (Å²) in [5.41, 5.74) is 8.83. The summed E-state index contributed by atoms with van der Waals surface area (Å²) in [7, 11) is 0. The number of aromatic nitrogens is 2. The van der Waals surface area contributed by atoms with Crippen LogP contribution in [-0.4, -0.2) is 80.0 Å². The molecule has 3 aliphatic rings. The molecule has 3 aromatic carbocycles. The summed E-state index contributed by atoms with van der Waals surface area (Å²) < 4.78 is 2.44. The van der Waals surface area contributed by atoms with Gasteiger partial charge in [0.15, 0.2) is 0 Å². The van der Waals surface area contributed by atoms with E-state index >= 15 is 0 Å². The highest BCUT2D eigenvalue weighted by molar-refractivity contribution is 7.27. The molecule has 6 heterocycles. The Labute approximate surface area is 361 Å². The fraction of sp³-hybridized carbons (Fsp3) is 0.277. The Morgan fingerprint density at radius 2 is 1.34 bits per heavy atom. The quantitative estimate of drug-likeness (QED) is 0.0994. The number of aliphatic hydroxyl groups is 1. The summed E-state index contributed by atoms with van der Waals surface area (Å²) in [5, 5.41) is 19.4. The van der Waals surface area contributed by atoms with Crippen molar-refractivity contribution in [3.05, 3.63) is 131 Å². The van der Waals surface area contributed by atoms with Gasteiger partial charge in [-0.25, -0.2) is 4.98 Å². The SMILES string of the molecule is CC(=O)N[C@@H](C(=O)N1CCCC1C1=NC=C(c2csc3c(-c4ccc(-c5cnc(C6CCCN6C(=O)[C@H](NC(=O)CO)c6ccccc6)[nH]5)cc4)csc23)C1)c1ccccc1. The van der Waals surface area contributed by atoms with Crippen molar-refractivity contribution in [3.63, 3.8) is 0 Å². The van der Waals surface area contributed by atoms with E-state index in [9.17, 15) is 24.3 Å². The minimum atomic E-state index is -0.913. The number of aliphatic imine (C=N–C) groups is 1. The summed E-state index contributed by atoms with van der Waals surface area (Å²) >= 11 is 3.46. The lowest BCUT2D eigenvalue weighted by atomic mass is 9.98. The first-order valence-corrected chi connectivity index (χ1v) is 22.3. The number of carbonyl (C=O) groups is 4. The largest absolute Gasteiger partial charge is 0.387 e. The second kappa shape index (κ2) is 17.4. The van der Waals surface area contributed by atoms with Gasteiger partial charge in [-0.05, 0) is 53.5 Å². The zero-order chi connectivity index (χ0) is 42.0. The molecule has 4 amide bonds. The summed E-state index contributed by atoms with van der Waals surface area (Å²) in [6.07, 6.45) is 7.70. The number of carbonyl (C=O) groups excluding carboxylic acids is 4. The maximum Gasteiger partial charge on any atom is 0.250 e. The number of nitrogens with one attached hydrogen (secondary N) is 3. The first-order valence-electron chi connectivity index (χ1n) is 20.6. The van der Waals surface area contributed by atoms with E-state index in [-0.39, 0.29) is 29.8 Å². The number of thiophene rings is 2. The molecular weight excluding hydrogens is 807 g/mol. The van der Waals surface area contributed by atoms with Gasteiger partial charge in [0.1, 0.15) is 24.5 Å². The maximum atomic E-state index is 14.0. The average molecular weight is 852 g/mol. The van der Waals surface area contributed by atoms with Crippen LogP contribution in [0, 0.1) is 0 Å². The Balaban J connectivity index is 0.872. The number of rotatable bonds is 12. The Kier molecular flexibility index (Phi) is 11.5. The average Bonchev–Trinajstić information content (AvgIpc) is 4.14. The van der Waals surface area contributed by atoms with Crippen molar-refractivity contribution >= 4 is 67.0 Å². The molecule has 310 valence electrons. The molecule has 4 atom stereocenters. The number of aliphatic hydroxyl groups excluding tert-OH is 1. The Hall–Kier alpha value is -6.22. The molecule has 14 heteroatoms. The van der Waals surface area contributed by atoms with Crippen LogP contribution < -0.4 is 10.6 Å². The molecule has 0 bridgehead atoms. The molecule has 2 saturated heterocycles. The molecule has 2 unspecified atom stereocenters. The lowest BCUT2D eigenvalue weighted by molar-refractivity contribution is -0.138. The van der Waals surface area contributed by atoms with Gasteiger partial charge >= 0.3 is 0 Å². The number of hydrogen-bond acceptors (Lipinski definition) is 9. The number of amides is 4. The normalized spacial score (nSPS) is 18.5. The van der Waals surface area contributed by atoms with E-state index in [1.807, 2.05) is 59.6 Å². The van der Waals surface area contributed by atoms with Crippen molar-refractivity contribution in [1.82, 2.24) is 30.4 Å². The summed E-state index contributed by atoms with van der Waals surface area (Å²) in [6, 6.07) is 24.9. The van der Waals surface area contributed by atoms with Crippen LogP contribution in [0.25, 0.3) is 37.4 Å². The van der Waals surface area contributed by atoms with E-state index in [1.54, 1.807) is 45.9 Å². The lowest BCUT2D eigenvalue weighted by Crippen LogP contribution is -2.46. The molecule has 0 radical (unpaired) electrons. The van der Waals surface area contributed by atoms with E-state index in [4.69, 9.17) is 9.98 Å². The topological polar surface area (TPSA) is 160 Å². The number of benzene rings is 3. The molecule has 12 nitrogen and oxygen atoms in total. The van der Waals surface area contributed by atoms with Crippen molar-refractivity contribution in [1.29, 1.82) is 0 Å². The summed E-state index contributed by atoms with van der Waals surface area (Å²) in [4.78, 5) is 69.0. The molecule has 3 aromatic heterocycles. The minimum absolute atomic E-state index is 0.104. The second-order valence-electron chi connectivity index (χ2n) is 15.7. The van der Waals surface area contributed by atoms with Crippen LogP contribution in [0.1, 0.15) is 79.7 Å². The van der Waals surface area contributed by atoms with E-state index in [0.29, 0.717) is 30.9 Å². The number of allylic oxidation sites excluding steroid dienone is 1. The third kappa shape index (κ3) is 8.06. The van der Waals surface area contributed by atoms with Gasteiger partial charge in [0.05, 0.1) is 33.4 Å². The van der Waals surface area contributed by atoms with Crippen molar-refractivity contribution in [2.24, 2.45) is 4.99 Å². The minimum Gasteiger partial charge on any atom is -0.387 e. The molecule has 0 spiro atoms. The summed E-state index contributed by atoms with van der Waals surface area (Å²) in [5.74, 6) is -0.505. The predicted octanol–water partition coefficient (Wildman–Crippen LogP) is 7.59. The van der Waals surface area contributed by atoms with Gasteiger partial charge in [0.2, 0.25) is 23.6 Å². The van der Waals surface area contributed by atoms with Gasteiger partial charge in [-0.3, -0.25) is 24.2 Å². The standard InChI is InChI=1S/C47H45N7O5S2/c1-28(56)50-41(31-10-4-2-5-11-31)46(58)53-20-8-14-38(53)36-22-33(23-48-36)35-27-61-43-34(26-60-44(35)43)29-16-18-30(19-17-29)37-24-49-45(51-37)39-15-9-21-54(39)47(59)42(52-40(57)25-55)32-12-6-3-7-13-32/h2-7,10-13,16-19,23-24,26-27,38-39,41-42,55H,8-9,14-15,20-22,25H2,1H3,(H,49,51)(H,50,56)(H,52,57)/t38?,39?,41-,42-/m1/s1. The van der Waals surface area contributed by atoms with Crippen LogP contribution in [-0.2, 0) is 19.2 Å². The zero-order valence-corrected chi connectivity index (χ0v) is 35.2. The Bertz CT molecular complexity index is 2650. The smallest absolute Gasteiger partial charge is 0.250 e. The molecule has 3 aliphatic heterocycles. The summed E-state index contributed by atoms with van der Waals surface area (Å²) in [6.45, 7) is 1.90. The van der Waals surface area contributed by atoms with E-state index in [1.165, 1.54) is 27.5 Å². The molecular formula is C47H45N7O5S2. The number of H-pyrrole nitrogens is 1. The molecule has 61 heavy (non-hydrogen) atoms. The first-order chi connectivity index (χ1) is 29.8. The number of aromatic amines is 1. The third-order valence-electron chi connectivity index (χ3n) is 11.8. The number of imidazole rings is 1. The number of fused-ring (bicyclic) bond motifs is 1. The van der Waals surface area contributed by atoms with Crippen molar-refractivity contribution in [3.8, 4) is 22.4 Å². The zero-order valence-electron chi connectivity index (χ0n) is 33.5. The highest BCUT2D eigenvalue weighted by Gasteiger charge is 2.39. The van der Waals surface area contributed by atoms with Gasteiger partial charge < -0.3 is 30.5 Å². The highest BCUT2D eigenvalue weighted by Crippen LogP contribution is 2.45. The molecule has 2 fully saturated rings. The maximum absolute atomic E-state index is 14.0. The van der Waals surface area contributed by atoms with E-state index in [0.717, 1.165) is 59.4 Å². The van der Waals surface area contributed by atoms with E-state index < -0.39 is 24.6 Å². The predicted molar refractivity (Wildman–Crippen MR) is 239 cm³/mol. The van der Waals surface area contributed by atoms with Crippen LogP contribution in [0.5, 0.6) is 0 Å². The molecule has 6 aromatic rings. The Morgan fingerprint density at radius 1 is 0.770 bits per heavy atom. The Morgan fingerprint density at radius 3 is 1.98 bits per heavy atom. The van der Waals surface area contributed by atoms with Gasteiger partial charge in [-0.2, -0.15) is 0 Å². The van der Waals surface area contributed by atoms with Gasteiger partial charge in [-0.15, -0.1) is 22.7 Å². The highest BCUT2D eigenvalue weighted by atomic mass is 32.1.